The Bertz CT molecular complexity index is 274. The molecule has 0 aromatic rings. The maximum absolute atomic E-state index is 10.7. The van der Waals surface area contributed by atoms with Crippen LogP contribution in [0, 0.1) is 16.7 Å². The number of hydrogen-bond acceptors (Lipinski definition) is 2. The molecule has 1 N–H and O–H groups in total. The molecule has 0 radical (unpaired) electrons. The quantitative estimate of drug-likeness (QED) is 0.801. The van der Waals surface area contributed by atoms with Gasteiger partial charge in [0.15, 0.2) is 0 Å². The molecule has 0 spiro atoms. The molecule has 0 aliphatic heterocycles. The van der Waals surface area contributed by atoms with Gasteiger partial charge < -0.3 is 5.11 Å². The van der Waals surface area contributed by atoms with Crippen LogP contribution in [-0.4, -0.2) is 21.6 Å². The van der Waals surface area contributed by atoms with Crippen LogP contribution in [-0.2, 0) is 4.79 Å². The van der Waals surface area contributed by atoms with Gasteiger partial charge in [-0.15, -0.1) is 11.8 Å². The summed E-state index contributed by atoms with van der Waals surface area (Å²) in [4.78, 5) is 10.7. The Balaban J connectivity index is 4.89. The molecule has 0 rings (SSSR count). The van der Waals surface area contributed by atoms with Gasteiger partial charge in [0, 0.05) is 4.75 Å². The molecule has 1 atom stereocenters. The largest absolute Gasteiger partial charge is 0.481 e. The lowest BCUT2D eigenvalue weighted by molar-refractivity contribution is -0.133. The Labute approximate surface area is 111 Å². The van der Waals surface area contributed by atoms with E-state index in [1.165, 1.54) is 11.8 Å². The average molecular weight is 260 g/mol. The van der Waals surface area contributed by atoms with Crippen molar-refractivity contribution in [3.8, 4) is 0 Å². The third-order valence-electron chi connectivity index (χ3n) is 4.63. The van der Waals surface area contributed by atoms with E-state index in [1.54, 1.807) is 0 Å². The van der Waals surface area contributed by atoms with Crippen molar-refractivity contribution in [2.45, 2.75) is 60.1 Å². The first kappa shape index (κ1) is 16.8. The number of rotatable bonds is 5. The summed E-state index contributed by atoms with van der Waals surface area (Å²) in [6, 6.07) is 0. The third kappa shape index (κ3) is 4.20. The van der Waals surface area contributed by atoms with Crippen LogP contribution in [0.25, 0.3) is 0 Å². The lowest BCUT2D eigenvalue weighted by atomic mass is 9.60. The molecule has 0 bridgehead atoms. The second kappa shape index (κ2) is 5.21. The zero-order chi connectivity index (χ0) is 14.1. The number of aliphatic carboxylic acids is 1. The minimum atomic E-state index is -0.733. The number of thioether (sulfide) groups is 1. The standard InChI is InChI=1S/C14H28O2S/c1-10(13(5,6)12(2,3)4)14(7,8)17-9-11(15)16/h10H,9H2,1-8H3,(H,15,16). The molecule has 1 unspecified atom stereocenters. The minimum absolute atomic E-state index is 0.0326. The van der Waals surface area contributed by atoms with Crippen LogP contribution in [0.5, 0.6) is 0 Å². The summed E-state index contributed by atoms with van der Waals surface area (Å²) in [5.41, 5.74) is 0.357. The van der Waals surface area contributed by atoms with E-state index in [9.17, 15) is 4.79 Å². The van der Waals surface area contributed by atoms with Crippen LogP contribution >= 0.6 is 11.8 Å². The van der Waals surface area contributed by atoms with Crippen molar-refractivity contribution in [2.75, 3.05) is 5.75 Å². The highest BCUT2D eigenvalue weighted by molar-refractivity contribution is 8.01. The Morgan fingerprint density at radius 3 is 1.82 bits per heavy atom. The fraction of sp³-hybridized carbons (Fsp3) is 0.929. The zero-order valence-corrected chi connectivity index (χ0v) is 13.4. The summed E-state index contributed by atoms with van der Waals surface area (Å²) in [7, 11) is 0. The number of hydrogen-bond donors (Lipinski definition) is 1. The lowest BCUT2D eigenvalue weighted by Crippen LogP contribution is -2.44. The molecule has 0 saturated heterocycles. The molecule has 0 heterocycles. The molecule has 17 heavy (non-hydrogen) atoms. The number of carboxylic acid groups (broad SMARTS) is 1. The minimum Gasteiger partial charge on any atom is -0.481 e. The van der Waals surface area contributed by atoms with Crippen LogP contribution in [0.15, 0.2) is 0 Å². The third-order valence-corrected chi connectivity index (χ3v) is 6.11. The van der Waals surface area contributed by atoms with Crippen LogP contribution in [0.4, 0.5) is 0 Å². The second-order valence-corrected chi connectivity index (χ2v) is 8.61. The predicted octanol–water partition coefficient (Wildman–Crippen LogP) is 4.29. The molecule has 0 fully saturated rings. The molecule has 0 amide bonds. The fourth-order valence-corrected chi connectivity index (χ4v) is 2.93. The number of carbonyl (C=O) groups is 1. The van der Waals surface area contributed by atoms with Gasteiger partial charge in [0.05, 0.1) is 5.75 Å². The zero-order valence-electron chi connectivity index (χ0n) is 12.5. The summed E-state index contributed by atoms with van der Waals surface area (Å²) >= 11 is 1.54. The topological polar surface area (TPSA) is 37.3 Å². The van der Waals surface area contributed by atoms with Gasteiger partial charge in [-0.3, -0.25) is 4.79 Å². The van der Waals surface area contributed by atoms with Crippen LogP contribution in [0.1, 0.15) is 55.4 Å². The molecule has 0 aromatic heterocycles. The Hall–Kier alpha value is -0.180. The SMILES string of the molecule is CC(C(C)(C)SCC(=O)O)C(C)(C)C(C)(C)C. The van der Waals surface area contributed by atoms with Crippen LogP contribution < -0.4 is 0 Å². The summed E-state index contributed by atoms with van der Waals surface area (Å²) in [5.74, 6) is -0.124. The predicted molar refractivity (Wildman–Crippen MR) is 76.6 cm³/mol. The van der Waals surface area contributed by atoms with Gasteiger partial charge in [0.25, 0.3) is 0 Å². The van der Waals surface area contributed by atoms with Crippen molar-refractivity contribution in [1.82, 2.24) is 0 Å². The first-order chi connectivity index (χ1) is 7.32. The molecule has 102 valence electrons. The van der Waals surface area contributed by atoms with Crippen molar-refractivity contribution >= 4 is 17.7 Å². The van der Waals surface area contributed by atoms with Gasteiger partial charge in [-0.2, -0.15) is 0 Å². The molecule has 0 aromatic carbocycles. The summed E-state index contributed by atoms with van der Waals surface area (Å²) in [5, 5.41) is 8.80. The van der Waals surface area contributed by atoms with Crippen LogP contribution in [0.3, 0.4) is 0 Å². The van der Waals surface area contributed by atoms with E-state index >= 15 is 0 Å². The van der Waals surface area contributed by atoms with Crippen molar-refractivity contribution in [3.05, 3.63) is 0 Å². The van der Waals surface area contributed by atoms with Crippen molar-refractivity contribution in [3.63, 3.8) is 0 Å². The van der Waals surface area contributed by atoms with E-state index in [0.717, 1.165) is 0 Å². The smallest absolute Gasteiger partial charge is 0.313 e. The summed E-state index contributed by atoms with van der Waals surface area (Å²) < 4.78 is -0.0326. The molecule has 2 nitrogen and oxygen atoms in total. The van der Waals surface area contributed by atoms with E-state index in [1.807, 2.05) is 0 Å². The highest BCUT2D eigenvalue weighted by Gasteiger charge is 2.44. The van der Waals surface area contributed by atoms with E-state index in [0.29, 0.717) is 5.92 Å². The van der Waals surface area contributed by atoms with E-state index in [4.69, 9.17) is 5.11 Å². The maximum Gasteiger partial charge on any atom is 0.313 e. The van der Waals surface area contributed by atoms with Gasteiger partial charge in [-0.25, -0.2) is 0 Å². The number of carboxylic acids is 1. The van der Waals surface area contributed by atoms with E-state index in [2.05, 4.69) is 55.4 Å². The lowest BCUT2D eigenvalue weighted by Gasteiger charge is -2.49. The van der Waals surface area contributed by atoms with Gasteiger partial charge in [-0.1, -0.05) is 55.4 Å². The Kier molecular flexibility index (Phi) is 5.16. The van der Waals surface area contributed by atoms with Gasteiger partial charge in [0.1, 0.15) is 0 Å². The van der Waals surface area contributed by atoms with E-state index in [-0.39, 0.29) is 21.3 Å². The average Bonchev–Trinajstić information content (AvgIpc) is 2.11. The fourth-order valence-electron chi connectivity index (χ4n) is 1.89. The highest BCUT2D eigenvalue weighted by Crippen LogP contribution is 2.51. The van der Waals surface area contributed by atoms with Crippen molar-refractivity contribution in [1.29, 1.82) is 0 Å². The first-order valence-corrected chi connectivity index (χ1v) is 7.16. The van der Waals surface area contributed by atoms with Gasteiger partial charge in [0.2, 0.25) is 0 Å². The van der Waals surface area contributed by atoms with Crippen LogP contribution in [0.2, 0.25) is 0 Å². The highest BCUT2D eigenvalue weighted by atomic mass is 32.2. The Morgan fingerprint density at radius 1 is 1.12 bits per heavy atom. The molecular weight excluding hydrogens is 232 g/mol. The van der Waals surface area contributed by atoms with Crippen molar-refractivity contribution in [2.24, 2.45) is 16.7 Å². The maximum atomic E-state index is 10.7. The van der Waals surface area contributed by atoms with Gasteiger partial charge in [-0.05, 0) is 16.7 Å². The molecular formula is C14H28O2S. The second-order valence-electron chi connectivity index (χ2n) is 6.98. The molecule has 3 heteroatoms. The summed E-state index contributed by atoms with van der Waals surface area (Å²) in [6.07, 6.45) is 0. The monoisotopic (exact) mass is 260 g/mol. The Morgan fingerprint density at radius 2 is 1.53 bits per heavy atom. The molecule has 0 aliphatic rings. The van der Waals surface area contributed by atoms with E-state index < -0.39 is 5.97 Å². The summed E-state index contributed by atoms with van der Waals surface area (Å²) in [6.45, 7) is 17.9. The first-order valence-electron chi connectivity index (χ1n) is 6.18. The molecule has 0 aliphatic carbocycles. The normalized spacial score (nSPS) is 15.8. The van der Waals surface area contributed by atoms with Crippen molar-refractivity contribution < 1.29 is 9.90 Å². The van der Waals surface area contributed by atoms with Gasteiger partial charge >= 0.3 is 5.97 Å². The molecule has 0 saturated carbocycles.